The molecule has 4 rings (SSSR count). The molecule has 0 bridgehead atoms. The van der Waals surface area contributed by atoms with E-state index >= 15 is 0 Å². The molecule has 4 nitrogen and oxygen atoms in total. The van der Waals surface area contributed by atoms with Crippen molar-refractivity contribution in [2.75, 3.05) is 13.1 Å². The van der Waals surface area contributed by atoms with Crippen LogP contribution in [0.1, 0.15) is 46.6 Å². The van der Waals surface area contributed by atoms with Gasteiger partial charge in [0.05, 0.1) is 16.1 Å². The average Bonchev–Trinajstić information content (AvgIpc) is 3.17. The molecule has 0 spiro atoms. The molecule has 1 aliphatic rings. The minimum atomic E-state index is -0.155. The Morgan fingerprint density at radius 3 is 2.43 bits per heavy atom. The summed E-state index contributed by atoms with van der Waals surface area (Å²) in [5.74, 6) is 0.0750. The van der Waals surface area contributed by atoms with Gasteiger partial charge in [0.1, 0.15) is 0 Å². The second-order valence-electron chi connectivity index (χ2n) is 7.58. The van der Waals surface area contributed by atoms with E-state index < -0.39 is 0 Å². The van der Waals surface area contributed by atoms with Crippen molar-refractivity contribution in [1.82, 2.24) is 9.88 Å². The number of nitrogens with zero attached hydrogens (tertiary/aromatic N) is 2. The van der Waals surface area contributed by atoms with E-state index in [9.17, 15) is 9.59 Å². The standard InChI is InChI=1S/C23H24N2O2S/c1-15-7-9-17(10-8-15)16(2)23(27)25-13-11-18(12-14-25)21(26)22-24-19-5-3-4-6-20(19)28-22/h3-10,16,18H,11-14H2,1-2H3. The molecule has 1 aromatic heterocycles. The van der Waals surface area contributed by atoms with Crippen LogP contribution in [0, 0.1) is 12.8 Å². The van der Waals surface area contributed by atoms with Crippen LogP contribution in [0.25, 0.3) is 10.2 Å². The third-order valence-electron chi connectivity index (χ3n) is 5.63. The summed E-state index contributed by atoms with van der Waals surface area (Å²) >= 11 is 1.47. The van der Waals surface area contributed by atoms with Gasteiger partial charge >= 0.3 is 0 Å². The van der Waals surface area contributed by atoms with Gasteiger partial charge in [-0.15, -0.1) is 11.3 Å². The molecule has 1 fully saturated rings. The number of benzene rings is 2. The van der Waals surface area contributed by atoms with E-state index in [1.54, 1.807) is 0 Å². The van der Waals surface area contributed by atoms with Gasteiger partial charge in [0.15, 0.2) is 10.8 Å². The van der Waals surface area contributed by atoms with Crippen LogP contribution in [0.3, 0.4) is 0 Å². The van der Waals surface area contributed by atoms with E-state index in [4.69, 9.17) is 0 Å². The predicted octanol–water partition coefficient (Wildman–Crippen LogP) is 4.83. The first kappa shape index (κ1) is 18.8. The van der Waals surface area contributed by atoms with Crippen LogP contribution < -0.4 is 0 Å². The van der Waals surface area contributed by atoms with Gasteiger partial charge in [0, 0.05) is 19.0 Å². The largest absolute Gasteiger partial charge is 0.342 e. The molecule has 2 heterocycles. The number of para-hydroxylation sites is 1. The summed E-state index contributed by atoms with van der Waals surface area (Å²) in [7, 11) is 0. The number of carbonyl (C=O) groups is 2. The summed E-state index contributed by atoms with van der Waals surface area (Å²) in [5.41, 5.74) is 3.12. The Balaban J connectivity index is 1.39. The van der Waals surface area contributed by atoms with Crippen molar-refractivity contribution < 1.29 is 9.59 Å². The van der Waals surface area contributed by atoms with E-state index in [1.165, 1.54) is 16.9 Å². The number of amides is 1. The zero-order valence-electron chi connectivity index (χ0n) is 16.2. The maximum absolute atomic E-state index is 12.9. The van der Waals surface area contributed by atoms with E-state index in [-0.39, 0.29) is 23.5 Å². The molecule has 0 aliphatic carbocycles. The first-order valence-corrected chi connectivity index (χ1v) is 10.6. The Labute approximate surface area is 169 Å². The number of ketones is 1. The summed E-state index contributed by atoms with van der Waals surface area (Å²) in [6.07, 6.45) is 1.42. The van der Waals surface area contributed by atoms with E-state index in [2.05, 4.69) is 4.98 Å². The lowest BCUT2D eigenvalue weighted by atomic mass is 9.91. The number of rotatable bonds is 4. The molecule has 1 unspecified atom stereocenters. The Morgan fingerprint density at radius 1 is 1.07 bits per heavy atom. The fraction of sp³-hybridized carbons (Fsp3) is 0.348. The molecule has 1 saturated heterocycles. The maximum atomic E-state index is 12.9. The molecule has 144 valence electrons. The van der Waals surface area contributed by atoms with Gasteiger partial charge in [-0.25, -0.2) is 4.98 Å². The molecule has 0 saturated carbocycles. The zero-order valence-corrected chi connectivity index (χ0v) is 17.0. The molecule has 0 radical (unpaired) electrons. The Morgan fingerprint density at radius 2 is 1.75 bits per heavy atom. The van der Waals surface area contributed by atoms with E-state index in [0.29, 0.717) is 30.9 Å². The van der Waals surface area contributed by atoms with Crippen molar-refractivity contribution in [2.24, 2.45) is 5.92 Å². The second-order valence-corrected chi connectivity index (χ2v) is 8.61. The van der Waals surface area contributed by atoms with Crippen LogP contribution in [-0.4, -0.2) is 34.7 Å². The van der Waals surface area contributed by atoms with Crippen molar-refractivity contribution in [3.05, 3.63) is 64.7 Å². The maximum Gasteiger partial charge on any atom is 0.229 e. The Hall–Kier alpha value is -2.53. The van der Waals surface area contributed by atoms with Crippen LogP contribution in [0.2, 0.25) is 0 Å². The smallest absolute Gasteiger partial charge is 0.229 e. The highest BCUT2D eigenvalue weighted by Gasteiger charge is 2.31. The summed E-state index contributed by atoms with van der Waals surface area (Å²) in [5, 5.41) is 0.596. The van der Waals surface area contributed by atoms with Crippen molar-refractivity contribution in [3.63, 3.8) is 0 Å². The van der Waals surface area contributed by atoms with Crippen LogP contribution in [0.5, 0.6) is 0 Å². The van der Waals surface area contributed by atoms with Crippen molar-refractivity contribution in [2.45, 2.75) is 32.6 Å². The first-order chi connectivity index (χ1) is 13.5. The van der Waals surface area contributed by atoms with E-state index in [1.807, 2.05) is 67.3 Å². The van der Waals surface area contributed by atoms with Crippen molar-refractivity contribution in [1.29, 1.82) is 0 Å². The fourth-order valence-electron chi connectivity index (χ4n) is 3.79. The molecule has 2 aromatic carbocycles. The van der Waals surface area contributed by atoms with Crippen LogP contribution >= 0.6 is 11.3 Å². The predicted molar refractivity (Wildman–Crippen MR) is 113 cm³/mol. The lowest BCUT2D eigenvalue weighted by molar-refractivity contribution is -0.133. The van der Waals surface area contributed by atoms with Gasteiger partial charge in [0.25, 0.3) is 0 Å². The lowest BCUT2D eigenvalue weighted by Crippen LogP contribution is -2.42. The number of carbonyl (C=O) groups excluding carboxylic acids is 2. The minimum Gasteiger partial charge on any atom is -0.342 e. The summed E-state index contributed by atoms with van der Waals surface area (Å²) < 4.78 is 1.05. The van der Waals surface area contributed by atoms with Crippen molar-refractivity contribution in [3.8, 4) is 0 Å². The number of fused-ring (bicyclic) bond motifs is 1. The highest BCUT2D eigenvalue weighted by atomic mass is 32.1. The van der Waals surface area contributed by atoms with Gasteiger partial charge in [-0.05, 0) is 44.4 Å². The zero-order chi connectivity index (χ0) is 19.7. The average molecular weight is 393 g/mol. The Bertz CT molecular complexity index is 968. The number of aryl methyl sites for hydroxylation is 1. The number of hydrogen-bond acceptors (Lipinski definition) is 4. The van der Waals surface area contributed by atoms with Crippen LogP contribution in [0.4, 0.5) is 0 Å². The highest BCUT2D eigenvalue weighted by Crippen LogP contribution is 2.29. The van der Waals surface area contributed by atoms with Crippen molar-refractivity contribution >= 4 is 33.2 Å². The molecule has 5 heteroatoms. The second kappa shape index (κ2) is 7.84. The summed E-state index contributed by atoms with van der Waals surface area (Å²) in [6, 6.07) is 16.0. The SMILES string of the molecule is Cc1ccc(C(C)C(=O)N2CCC(C(=O)c3nc4ccccc4s3)CC2)cc1. The number of Topliss-reactive ketones (excluding diaryl/α,β-unsaturated/α-hetero) is 1. The highest BCUT2D eigenvalue weighted by molar-refractivity contribution is 7.20. The monoisotopic (exact) mass is 392 g/mol. The van der Waals surface area contributed by atoms with Gasteiger partial charge in [-0.1, -0.05) is 42.0 Å². The fourth-order valence-corrected chi connectivity index (χ4v) is 4.77. The topological polar surface area (TPSA) is 50.3 Å². The lowest BCUT2D eigenvalue weighted by Gasteiger charge is -2.33. The quantitative estimate of drug-likeness (QED) is 0.598. The van der Waals surface area contributed by atoms with Gasteiger partial charge in [0.2, 0.25) is 5.91 Å². The number of thiazole rings is 1. The van der Waals surface area contributed by atoms with Gasteiger partial charge in [-0.2, -0.15) is 0 Å². The minimum absolute atomic E-state index is 0.0423. The molecular formula is C23H24N2O2S. The van der Waals surface area contributed by atoms with Gasteiger partial charge in [-0.3, -0.25) is 9.59 Å². The number of aromatic nitrogens is 1. The van der Waals surface area contributed by atoms with E-state index in [0.717, 1.165) is 15.8 Å². The number of hydrogen-bond donors (Lipinski definition) is 0. The normalized spacial score (nSPS) is 16.3. The molecular weight excluding hydrogens is 368 g/mol. The summed E-state index contributed by atoms with van der Waals surface area (Å²) in [6.45, 7) is 5.28. The van der Waals surface area contributed by atoms with Gasteiger partial charge < -0.3 is 4.90 Å². The molecule has 1 aliphatic heterocycles. The van der Waals surface area contributed by atoms with Crippen LogP contribution in [-0.2, 0) is 4.79 Å². The molecule has 1 amide bonds. The molecule has 3 aromatic rings. The third-order valence-corrected chi connectivity index (χ3v) is 6.68. The third kappa shape index (κ3) is 3.72. The summed E-state index contributed by atoms with van der Waals surface area (Å²) in [4.78, 5) is 32.2. The number of likely N-dealkylation sites (tertiary alicyclic amines) is 1. The molecule has 1 atom stereocenters. The first-order valence-electron chi connectivity index (χ1n) is 9.78. The molecule has 0 N–H and O–H groups in total. The Kier molecular flexibility index (Phi) is 5.27. The number of piperidine rings is 1. The van der Waals surface area contributed by atoms with Crippen LogP contribution in [0.15, 0.2) is 48.5 Å². The molecule has 28 heavy (non-hydrogen) atoms.